The molecule has 132 valence electrons. The van der Waals surface area contributed by atoms with E-state index in [1.807, 2.05) is 24.2 Å². The van der Waals surface area contributed by atoms with Gasteiger partial charge in [-0.1, -0.05) is 0 Å². The largest absolute Gasteiger partial charge is 0.354 e. The van der Waals surface area contributed by atoms with E-state index in [2.05, 4.69) is 22.9 Å². The van der Waals surface area contributed by atoms with Crippen LogP contribution < -0.4 is 5.32 Å². The Morgan fingerprint density at radius 3 is 2.75 bits per heavy atom. The molecule has 2 fully saturated rings. The van der Waals surface area contributed by atoms with E-state index in [0.717, 1.165) is 45.1 Å². The van der Waals surface area contributed by atoms with Crippen LogP contribution in [0.5, 0.6) is 0 Å². The monoisotopic (exact) mass is 331 g/mol. The summed E-state index contributed by atoms with van der Waals surface area (Å²) in [6.45, 7) is 3.49. The molecule has 1 aliphatic heterocycles. The number of likely N-dealkylation sites (tertiary alicyclic amines) is 1. The summed E-state index contributed by atoms with van der Waals surface area (Å²) in [5.41, 5.74) is 1.29. The van der Waals surface area contributed by atoms with Gasteiger partial charge in [-0.05, 0) is 57.6 Å². The Balaban J connectivity index is 1.45. The zero-order valence-electron chi connectivity index (χ0n) is 14.8. The van der Waals surface area contributed by atoms with Crippen LogP contribution in [0.25, 0.3) is 0 Å². The van der Waals surface area contributed by atoms with Crippen molar-refractivity contribution >= 4 is 11.8 Å². The van der Waals surface area contributed by atoms with Crippen molar-refractivity contribution in [2.75, 3.05) is 13.1 Å². The van der Waals surface area contributed by atoms with Gasteiger partial charge < -0.3 is 14.8 Å². The van der Waals surface area contributed by atoms with Crippen molar-refractivity contribution in [2.45, 2.75) is 51.5 Å². The molecule has 2 amide bonds. The lowest BCUT2D eigenvalue weighted by atomic mass is 9.96. The third-order valence-corrected chi connectivity index (χ3v) is 5.30. The molecule has 1 saturated heterocycles. The summed E-state index contributed by atoms with van der Waals surface area (Å²) in [5, 5.41) is 3.15. The van der Waals surface area contributed by atoms with Crippen molar-refractivity contribution in [3.8, 4) is 0 Å². The molecule has 0 spiro atoms. The van der Waals surface area contributed by atoms with Gasteiger partial charge in [0.2, 0.25) is 11.8 Å². The Hall–Kier alpha value is -1.78. The fraction of sp³-hybridized carbons (Fsp3) is 0.684. The fourth-order valence-corrected chi connectivity index (χ4v) is 3.53. The molecule has 24 heavy (non-hydrogen) atoms. The number of nitrogens with one attached hydrogen (secondary N) is 1. The predicted molar refractivity (Wildman–Crippen MR) is 93.4 cm³/mol. The second-order valence-corrected chi connectivity index (χ2v) is 7.46. The highest BCUT2D eigenvalue weighted by atomic mass is 16.2. The third kappa shape index (κ3) is 4.19. The number of rotatable bonds is 6. The van der Waals surface area contributed by atoms with Gasteiger partial charge >= 0.3 is 0 Å². The lowest BCUT2D eigenvalue weighted by molar-refractivity contribution is -0.137. The molecule has 1 N–H and O–H groups in total. The molecule has 2 heterocycles. The van der Waals surface area contributed by atoms with Crippen LogP contribution in [0, 0.1) is 11.8 Å². The summed E-state index contributed by atoms with van der Waals surface area (Å²) in [6.07, 6.45) is 7.83. The summed E-state index contributed by atoms with van der Waals surface area (Å²) >= 11 is 0. The first-order chi connectivity index (χ1) is 11.5. The van der Waals surface area contributed by atoms with E-state index in [1.165, 1.54) is 5.69 Å². The standard InChI is InChI=1S/C19H29N3O2/c1-14(7-10-17-6-4-11-21(17)2)20-18(23)16-5-3-12-22(13-16)19(24)15-8-9-15/h4,6,11,14-16H,3,5,7-10,12-13H2,1-2H3,(H,20,23)/t14-,16-/m1/s1. The molecule has 0 bridgehead atoms. The van der Waals surface area contributed by atoms with E-state index in [1.54, 1.807) is 0 Å². The number of aromatic nitrogens is 1. The first kappa shape index (κ1) is 17.1. The van der Waals surface area contributed by atoms with Crippen LogP contribution in [0.3, 0.4) is 0 Å². The molecule has 5 nitrogen and oxygen atoms in total. The normalized spacial score (nSPS) is 22.2. The average molecular weight is 331 g/mol. The van der Waals surface area contributed by atoms with Crippen LogP contribution in [0.4, 0.5) is 0 Å². The maximum atomic E-state index is 12.5. The van der Waals surface area contributed by atoms with Crippen molar-refractivity contribution in [3.05, 3.63) is 24.0 Å². The van der Waals surface area contributed by atoms with Crippen molar-refractivity contribution < 1.29 is 9.59 Å². The van der Waals surface area contributed by atoms with E-state index in [9.17, 15) is 9.59 Å². The van der Waals surface area contributed by atoms with Crippen LogP contribution in [0.1, 0.15) is 44.7 Å². The lowest BCUT2D eigenvalue weighted by Gasteiger charge is -2.32. The van der Waals surface area contributed by atoms with E-state index in [-0.39, 0.29) is 29.7 Å². The van der Waals surface area contributed by atoms with Crippen LogP contribution in [0.15, 0.2) is 18.3 Å². The zero-order chi connectivity index (χ0) is 17.1. The van der Waals surface area contributed by atoms with Gasteiger partial charge in [0, 0.05) is 44.0 Å². The second-order valence-electron chi connectivity index (χ2n) is 7.46. The van der Waals surface area contributed by atoms with Crippen molar-refractivity contribution in [1.29, 1.82) is 0 Å². The molecule has 1 aromatic rings. The molecule has 1 aromatic heterocycles. The highest BCUT2D eigenvalue weighted by Crippen LogP contribution is 2.32. The first-order valence-electron chi connectivity index (χ1n) is 9.24. The maximum Gasteiger partial charge on any atom is 0.225 e. The topological polar surface area (TPSA) is 54.3 Å². The molecule has 2 atom stereocenters. The Kier molecular flexibility index (Phi) is 5.27. The number of aryl methyl sites for hydroxylation is 2. The molecule has 3 rings (SSSR count). The van der Waals surface area contributed by atoms with Crippen molar-refractivity contribution in [2.24, 2.45) is 18.9 Å². The van der Waals surface area contributed by atoms with Gasteiger partial charge in [0.25, 0.3) is 0 Å². The maximum absolute atomic E-state index is 12.5. The van der Waals surface area contributed by atoms with Gasteiger partial charge in [0.15, 0.2) is 0 Å². The number of hydrogen-bond donors (Lipinski definition) is 1. The van der Waals surface area contributed by atoms with E-state index in [0.29, 0.717) is 6.54 Å². The summed E-state index contributed by atoms with van der Waals surface area (Å²) in [7, 11) is 2.05. The van der Waals surface area contributed by atoms with Crippen LogP contribution in [-0.4, -0.2) is 40.4 Å². The Bertz CT molecular complexity index is 591. The van der Waals surface area contributed by atoms with E-state index in [4.69, 9.17) is 0 Å². The number of amides is 2. The lowest BCUT2D eigenvalue weighted by Crippen LogP contribution is -2.47. The summed E-state index contributed by atoms with van der Waals surface area (Å²) in [6, 6.07) is 4.32. The molecular formula is C19H29N3O2. The zero-order valence-corrected chi connectivity index (χ0v) is 14.8. The van der Waals surface area contributed by atoms with Gasteiger partial charge in [0.05, 0.1) is 5.92 Å². The second kappa shape index (κ2) is 7.41. The van der Waals surface area contributed by atoms with Gasteiger partial charge in [0.1, 0.15) is 0 Å². The van der Waals surface area contributed by atoms with Gasteiger partial charge in [-0.2, -0.15) is 0 Å². The quantitative estimate of drug-likeness (QED) is 0.868. The van der Waals surface area contributed by atoms with Crippen molar-refractivity contribution in [1.82, 2.24) is 14.8 Å². The van der Waals surface area contributed by atoms with Crippen LogP contribution in [0.2, 0.25) is 0 Å². The molecule has 1 aliphatic carbocycles. The highest BCUT2D eigenvalue weighted by Gasteiger charge is 2.36. The van der Waals surface area contributed by atoms with Gasteiger partial charge in [-0.3, -0.25) is 9.59 Å². The minimum atomic E-state index is -0.0427. The molecule has 0 radical (unpaired) electrons. The summed E-state index contributed by atoms with van der Waals surface area (Å²) in [4.78, 5) is 26.7. The number of piperidine rings is 1. The van der Waals surface area contributed by atoms with Gasteiger partial charge in [-0.25, -0.2) is 0 Å². The number of nitrogens with zero attached hydrogens (tertiary/aromatic N) is 2. The molecule has 0 aromatic carbocycles. The Morgan fingerprint density at radius 1 is 1.29 bits per heavy atom. The van der Waals surface area contributed by atoms with Gasteiger partial charge in [-0.15, -0.1) is 0 Å². The minimum absolute atomic E-state index is 0.0427. The molecule has 5 heteroatoms. The fourth-order valence-electron chi connectivity index (χ4n) is 3.53. The first-order valence-corrected chi connectivity index (χ1v) is 9.24. The number of carbonyl (C=O) groups is 2. The smallest absolute Gasteiger partial charge is 0.225 e. The highest BCUT2D eigenvalue weighted by molar-refractivity contribution is 5.83. The van der Waals surface area contributed by atoms with Crippen LogP contribution >= 0.6 is 0 Å². The SMILES string of the molecule is C[C@H](CCc1cccn1C)NC(=O)[C@@H]1CCCN(C(=O)C2CC2)C1. The third-order valence-electron chi connectivity index (χ3n) is 5.30. The van der Waals surface area contributed by atoms with Crippen LogP contribution in [-0.2, 0) is 23.1 Å². The van der Waals surface area contributed by atoms with Crippen molar-refractivity contribution in [3.63, 3.8) is 0 Å². The molecular weight excluding hydrogens is 302 g/mol. The molecule has 0 unspecified atom stereocenters. The van der Waals surface area contributed by atoms with E-state index < -0.39 is 0 Å². The Labute approximate surface area is 144 Å². The minimum Gasteiger partial charge on any atom is -0.354 e. The summed E-state index contributed by atoms with van der Waals surface area (Å²) < 4.78 is 2.12. The predicted octanol–water partition coefficient (Wildman–Crippen LogP) is 2.11. The molecule has 1 saturated carbocycles. The van der Waals surface area contributed by atoms with E-state index >= 15 is 0 Å². The number of hydrogen-bond acceptors (Lipinski definition) is 2. The summed E-state index contributed by atoms with van der Waals surface area (Å²) in [5.74, 6) is 0.585. The molecule has 2 aliphatic rings. The Morgan fingerprint density at radius 2 is 2.08 bits per heavy atom. The average Bonchev–Trinajstić information content (AvgIpc) is 3.35. The number of carbonyl (C=O) groups excluding carboxylic acids is 2.